The van der Waals surface area contributed by atoms with Crippen molar-refractivity contribution in [2.24, 2.45) is 0 Å². The standard InChI is InChI=1S/C11H10ClN5O2S2/c1-7-14-15-11-17(7)16-10(20-11)6-13-21(18,19)9-5-3-2-4-8(9)12/h2-5,13H,6H2,1H3. The molecule has 2 heterocycles. The predicted molar refractivity (Wildman–Crippen MR) is 78.9 cm³/mol. The number of halogens is 1. The quantitative estimate of drug-likeness (QED) is 0.777. The summed E-state index contributed by atoms with van der Waals surface area (Å²) in [4.78, 5) is 0.672. The third-order valence-electron chi connectivity index (χ3n) is 2.73. The fourth-order valence-electron chi connectivity index (χ4n) is 1.72. The second kappa shape index (κ2) is 5.34. The predicted octanol–water partition coefficient (Wildman–Crippen LogP) is 1.63. The van der Waals surface area contributed by atoms with Crippen molar-refractivity contribution in [3.05, 3.63) is 40.1 Å². The van der Waals surface area contributed by atoms with Gasteiger partial charge in [0.1, 0.15) is 9.90 Å². The van der Waals surface area contributed by atoms with Gasteiger partial charge in [-0.3, -0.25) is 0 Å². The topological polar surface area (TPSA) is 89.2 Å². The summed E-state index contributed by atoms with van der Waals surface area (Å²) in [5.74, 6) is 0.654. The van der Waals surface area contributed by atoms with Gasteiger partial charge in [-0.2, -0.15) is 9.61 Å². The summed E-state index contributed by atoms with van der Waals surface area (Å²) in [6.45, 7) is 1.85. The van der Waals surface area contributed by atoms with Gasteiger partial charge in [0.25, 0.3) is 0 Å². The first-order chi connectivity index (χ1) is 9.97. The third kappa shape index (κ3) is 2.77. The highest BCUT2D eigenvalue weighted by molar-refractivity contribution is 7.89. The average molecular weight is 344 g/mol. The van der Waals surface area contributed by atoms with E-state index in [1.165, 1.54) is 23.5 Å². The summed E-state index contributed by atoms with van der Waals surface area (Å²) >= 11 is 7.18. The summed E-state index contributed by atoms with van der Waals surface area (Å²) in [5.41, 5.74) is 0. The van der Waals surface area contributed by atoms with Crippen molar-refractivity contribution in [2.75, 3.05) is 0 Å². The number of aryl methyl sites for hydroxylation is 1. The molecular weight excluding hydrogens is 334 g/mol. The molecule has 0 bridgehead atoms. The first-order valence-corrected chi connectivity index (χ1v) is 8.57. The van der Waals surface area contributed by atoms with Gasteiger partial charge in [-0.15, -0.1) is 10.2 Å². The summed E-state index contributed by atoms with van der Waals surface area (Å²) < 4.78 is 28.4. The number of hydrogen-bond donors (Lipinski definition) is 1. The Kier molecular flexibility index (Phi) is 3.66. The van der Waals surface area contributed by atoms with Gasteiger partial charge in [-0.1, -0.05) is 35.1 Å². The molecule has 0 atom stereocenters. The molecule has 1 N–H and O–H groups in total. The molecule has 3 aromatic rings. The van der Waals surface area contributed by atoms with E-state index < -0.39 is 10.0 Å². The number of fused-ring (bicyclic) bond motifs is 1. The maximum absolute atomic E-state index is 12.2. The second-order valence-electron chi connectivity index (χ2n) is 4.19. The van der Waals surface area contributed by atoms with Crippen LogP contribution in [0.25, 0.3) is 4.96 Å². The lowest BCUT2D eigenvalue weighted by atomic mass is 10.4. The minimum Gasteiger partial charge on any atom is -0.207 e. The molecule has 0 fully saturated rings. The van der Waals surface area contributed by atoms with Crippen molar-refractivity contribution in [3.8, 4) is 0 Å². The molecule has 21 heavy (non-hydrogen) atoms. The maximum atomic E-state index is 12.2. The number of sulfonamides is 1. The number of aromatic nitrogens is 4. The van der Waals surface area contributed by atoms with Gasteiger partial charge in [0, 0.05) is 0 Å². The van der Waals surface area contributed by atoms with Crippen LogP contribution in [0.15, 0.2) is 29.2 Å². The molecule has 1 aromatic carbocycles. The normalized spacial score (nSPS) is 12.1. The van der Waals surface area contributed by atoms with E-state index in [2.05, 4.69) is 20.0 Å². The zero-order chi connectivity index (χ0) is 15.0. The van der Waals surface area contributed by atoms with Crippen LogP contribution in [0.4, 0.5) is 0 Å². The number of rotatable bonds is 4. The molecular formula is C11H10ClN5O2S2. The Morgan fingerprint density at radius 3 is 2.81 bits per heavy atom. The van der Waals surface area contributed by atoms with Gasteiger partial charge in [-0.25, -0.2) is 13.1 Å². The lowest BCUT2D eigenvalue weighted by Gasteiger charge is -2.06. The summed E-state index contributed by atoms with van der Waals surface area (Å²) in [7, 11) is -3.68. The molecule has 0 unspecified atom stereocenters. The minimum atomic E-state index is -3.68. The first-order valence-electron chi connectivity index (χ1n) is 5.89. The van der Waals surface area contributed by atoms with Crippen LogP contribution >= 0.6 is 22.9 Å². The van der Waals surface area contributed by atoms with E-state index in [-0.39, 0.29) is 16.5 Å². The molecule has 110 valence electrons. The van der Waals surface area contributed by atoms with Crippen molar-refractivity contribution in [1.29, 1.82) is 0 Å². The van der Waals surface area contributed by atoms with Gasteiger partial charge < -0.3 is 0 Å². The van der Waals surface area contributed by atoms with Crippen molar-refractivity contribution < 1.29 is 8.42 Å². The molecule has 0 aliphatic heterocycles. The van der Waals surface area contributed by atoms with E-state index in [9.17, 15) is 8.42 Å². The summed E-state index contributed by atoms with van der Waals surface area (Å²) in [5, 5.41) is 12.8. The molecule has 0 aliphatic carbocycles. The number of nitrogens with zero attached hydrogens (tertiary/aromatic N) is 4. The molecule has 7 nitrogen and oxygen atoms in total. The molecule has 0 saturated heterocycles. The van der Waals surface area contributed by atoms with Crippen LogP contribution in [-0.4, -0.2) is 28.2 Å². The molecule has 0 radical (unpaired) electrons. The minimum absolute atomic E-state index is 0.0471. The third-order valence-corrected chi connectivity index (χ3v) is 5.53. The Morgan fingerprint density at radius 2 is 2.10 bits per heavy atom. The van der Waals surface area contributed by atoms with Crippen LogP contribution in [0, 0.1) is 6.92 Å². The van der Waals surface area contributed by atoms with E-state index in [1.807, 2.05) is 0 Å². The molecule has 3 rings (SSSR count). The van der Waals surface area contributed by atoms with Crippen LogP contribution < -0.4 is 4.72 Å². The zero-order valence-corrected chi connectivity index (χ0v) is 13.2. The van der Waals surface area contributed by atoms with Crippen LogP contribution in [-0.2, 0) is 16.6 Å². The van der Waals surface area contributed by atoms with E-state index in [0.29, 0.717) is 15.8 Å². The van der Waals surface area contributed by atoms with Gasteiger partial charge in [-0.05, 0) is 19.1 Å². The van der Waals surface area contributed by atoms with Crippen LogP contribution in [0.3, 0.4) is 0 Å². The molecule has 0 saturated carbocycles. The maximum Gasteiger partial charge on any atom is 0.242 e. The number of benzene rings is 1. The molecule has 10 heteroatoms. The monoisotopic (exact) mass is 343 g/mol. The Bertz CT molecular complexity index is 902. The van der Waals surface area contributed by atoms with E-state index in [1.54, 1.807) is 23.6 Å². The lowest BCUT2D eigenvalue weighted by Crippen LogP contribution is -2.23. The number of nitrogens with one attached hydrogen (secondary N) is 1. The molecule has 0 aliphatic rings. The smallest absolute Gasteiger partial charge is 0.207 e. The van der Waals surface area contributed by atoms with Crippen molar-refractivity contribution in [3.63, 3.8) is 0 Å². The van der Waals surface area contributed by atoms with Crippen LogP contribution in [0.5, 0.6) is 0 Å². The van der Waals surface area contributed by atoms with Crippen molar-refractivity contribution >= 4 is 37.9 Å². The van der Waals surface area contributed by atoms with Gasteiger partial charge >= 0.3 is 0 Å². The average Bonchev–Trinajstić information content (AvgIpc) is 2.99. The van der Waals surface area contributed by atoms with Crippen LogP contribution in [0.2, 0.25) is 5.02 Å². The molecule has 0 amide bonds. The molecule has 2 aromatic heterocycles. The van der Waals surface area contributed by atoms with E-state index >= 15 is 0 Å². The fraction of sp³-hybridized carbons (Fsp3) is 0.182. The Morgan fingerprint density at radius 1 is 1.33 bits per heavy atom. The lowest BCUT2D eigenvalue weighted by molar-refractivity contribution is 0.580. The highest BCUT2D eigenvalue weighted by Gasteiger charge is 2.18. The first kappa shape index (κ1) is 14.4. The van der Waals surface area contributed by atoms with Gasteiger partial charge in [0.05, 0.1) is 11.6 Å². The Labute approximate surface area is 129 Å². The summed E-state index contributed by atoms with van der Waals surface area (Å²) in [6.07, 6.45) is 0. The highest BCUT2D eigenvalue weighted by Crippen LogP contribution is 2.21. The SMILES string of the molecule is Cc1nnc2sc(CNS(=O)(=O)c3ccccc3Cl)nn12. The largest absolute Gasteiger partial charge is 0.242 e. The van der Waals surface area contributed by atoms with Crippen molar-refractivity contribution in [2.45, 2.75) is 18.4 Å². The Balaban J connectivity index is 1.82. The Hall–Kier alpha value is -1.55. The fourth-order valence-corrected chi connectivity index (χ4v) is 4.14. The highest BCUT2D eigenvalue weighted by atomic mass is 35.5. The zero-order valence-electron chi connectivity index (χ0n) is 10.8. The van der Waals surface area contributed by atoms with Gasteiger partial charge in [0.2, 0.25) is 15.0 Å². The van der Waals surface area contributed by atoms with Crippen LogP contribution in [0.1, 0.15) is 10.8 Å². The van der Waals surface area contributed by atoms with Crippen molar-refractivity contribution in [1.82, 2.24) is 24.5 Å². The molecule has 0 spiro atoms. The second-order valence-corrected chi connectivity index (χ2v) is 7.38. The number of hydrogen-bond acceptors (Lipinski definition) is 6. The van der Waals surface area contributed by atoms with E-state index in [4.69, 9.17) is 11.6 Å². The van der Waals surface area contributed by atoms with Gasteiger partial charge in [0.15, 0.2) is 5.82 Å². The van der Waals surface area contributed by atoms with E-state index in [0.717, 1.165) is 0 Å². The summed E-state index contributed by atoms with van der Waals surface area (Å²) in [6, 6.07) is 6.27.